The Kier molecular flexibility index (Phi) is 4.06. The lowest BCUT2D eigenvalue weighted by atomic mass is 10.1. The van der Waals surface area contributed by atoms with Crippen molar-refractivity contribution in [2.24, 2.45) is 0 Å². The van der Waals surface area contributed by atoms with Crippen LogP contribution >= 0.6 is 0 Å². The average molecular weight is 279 g/mol. The van der Waals surface area contributed by atoms with Crippen LogP contribution in [0.25, 0.3) is 0 Å². The second-order valence-electron chi connectivity index (χ2n) is 5.94. The summed E-state index contributed by atoms with van der Waals surface area (Å²) in [6, 6.07) is 5.78. The molecule has 110 valence electrons. The molecule has 0 saturated carbocycles. The van der Waals surface area contributed by atoms with Gasteiger partial charge in [0.15, 0.2) is 11.5 Å². The number of alkyl carbamates (subject to hydrolysis) is 1. The van der Waals surface area contributed by atoms with Crippen molar-refractivity contribution >= 4 is 6.09 Å². The van der Waals surface area contributed by atoms with Gasteiger partial charge >= 0.3 is 6.09 Å². The molecule has 0 saturated heterocycles. The minimum absolute atomic E-state index is 0.0229. The molecule has 0 aliphatic carbocycles. The molecule has 0 bridgehead atoms. The molecule has 1 amide bonds. The Morgan fingerprint density at radius 3 is 2.75 bits per heavy atom. The molecule has 0 aromatic heterocycles. The van der Waals surface area contributed by atoms with Gasteiger partial charge in [-0.2, -0.15) is 0 Å². The van der Waals surface area contributed by atoms with Gasteiger partial charge in [-0.25, -0.2) is 4.79 Å². The highest BCUT2D eigenvalue weighted by Gasteiger charge is 2.18. The van der Waals surface area contributed by atoms with E-state index >= 15 is 0 Å². The molecule has 1 unspecified atom stereocenters. The van der Waals surface area contributed by atoms with Gasteiger partial charge in [-0.3, -0.25) is 0 Å². The maximum absolute atomic E-state index is 11.7. The third-order valence-corrected chi connectivity index (χ3v) is 2.74. The van der Waals surface area contributed by atoms with Crippen LogP contribution in [-0.2, 0) is 11.2 Å². The fourth-order valence-corrected chi connectivity index (χ4v) is 1.98. The Bertz CT molecular complexity index is 493. The van der Waals surface area contributed by atoms with Gasteiger partial charge in [-0.1, -0.05) is 6.07 Å². The Hall–Kier alpha value is -1.91. The van der Waals surface area contributed by atoms with Crippen molar-refractivity contribution in [3.05, 3.63) is 23.8 Å². The van der Waals surface area contributed by atoms with Gasteiger partial charge in [0.05, 0.1) is 0 Å². The average Bonchev–Trinajstić information content (AvgIpc) is 2.72. The molecule has 1 atom stereocenters. The summed E-state index contributed by atoms with van der Waals surface area (Å²) in [5.74, 6) is 1.52. The number of rotatable bonds is 3. The van der Waals surface area contributed by atoms with E-state index in [0.29, 0.717) is 6.42 Å². The number of benzene rings is 1. The number of carbonyl (C=O) groups excluding carboxylic acids is 1. The summed E-state index contributed by atoms with van der Waals surface area (Å²) < 4.78 is 15.8. The van der Waals surface area contributed by atoms with Crippen LogP contribution in [0.3, 0.4) is 0 Å². The molecule has 20 heavy (non-hydrogen) atoms. The van der Waals surface area contributed by atoms with Crippen LogP contribution < -0.4 is 14.8 Å². The molecule has 0 fully saturated rings. The molecular weight excluding hydrogens is 258 g/mol. The van der Waals surface area contributed by atoms with Crippen molar-refractivity contribution in [3.8, 4) is 11.5 Å². The van der Waals surface area contributed by atoms with Crippen LogP contribution in [0.15, 0.2) is 18.2 Å². The molecule has 1 aromatic carbocycles. The van der Waals surface area contributed by atoms with E-state index in [1.807, 2.05) is 45.9 Å². The first-order chi connectivity index (χ1) is 9.33. The molecule has 1 aliphatic rings. The number of hydrogen-bond acceptors (Lipinski definition) is 4. The van der Waals surface area contributed by atoms with Crippen molar-refractivity contribution in [2.75, 3.05) is 6.79 Å². The second kappa shape index (κ2) is 5.61. The van der Waals surface area contributed by atoms with Crippen molar-refractivity contribution in [2.45, 2.75) is 45.8 Å². The van der Waals surface area contributed by atoms with Crippen LogP contribution in [0.5, 0.6) is 11.5 Å². The lowest BCUT2D eigenvalue weighted by Crippen LogP contribution is -2.38. The molecule has 0 spiro atoms. The predicted molar refractivity (Wildman–Crippen MR) is 75.1 cm³/mol. The Labute approximate surface area is 119 Å². The first-order valence-electron chi connectivity index (χ1n) is 6.71. The van der Waals surface area contributed by atoms with E-state index in [-0.39, 0.29) is 12.8 Å². The van der Waals surface area contributed by atoms with Crippen molar-refractivity contribution < 1.29 is 19.0 Å². The fourth-order valence-electron chi connectivity index (χ4n) is 1.98. The fraction of sp³-hybridized carbons (Fsp3) is 0.533. The van der Waals surface area contributed by atoms with Crippen LogP contribution in [-0.4, -0.2) is 24.5 Å². The van der Waals surface area contributed by atoms with Crippen LogP contribution in [0.1, 0.15) is 33.3 Å². The molecule has 1 aliphatic heterocycles. The summed E-state index contributed by atoms with van der Waals surface area (Å²) in [5.41, 5.74) is 0.598. The molecule has 5 nitrogen and oxygen atoms in total. The maximum atomic E-state index is 11.7. The van der Waals surface area contributed by atoms with Gasteiger partial charge in [0.2, 0.25) is 6.79 Å². The highest BCUT2D eigenvalue weighted by Crippen LogP contribution is 2.32. The first kappa shape index (κ1) is 14.5. The minimum Gasteiger partial charge on any atom is -0.454 e. The molecule has 1 aromatic rings. The van der Waals surface area contributed by atoms with Gasteiger partial charge in [0.1, 0.15) is 5.60 Å². The van der Waals surface area contributed by atoms with Crippen molar-refractivity contribution in [1.82, 2.24) is 5.32 Å². The number of nitrogens with one attached hydrogen (secondary N) is 1. The monoisotopic (exact) mass is 279 g/mol. The van der Waals surface area contributed by atoms with Gasteiger partial charge < -0.3 is 19.5 Å². The Balaban J connectivity index is 1.88. The zero-order valence-corrected chi connectivity index (χ0v) is 12.4. The number of carbonyl (C=O) groups is 1. The lowest BCUT2D eigenvalue weighted by Gasteiger charge is -2.22. The zero-order chi connectivity index (χ0) is 14.8. The van der Waals surface area contributed by atoms with E-state index in [1.165, 1.54) is 0 Å². The van der Waals surface area contributed by atoms with E-state index < -0.39 is 11.7 Å². The summed E-state index contributed by atoms with van der Waals surface area (Å²) in [6.07, 6.45) is 0.307. The largest absolute Gasteiger partial charge is 0.454 e. The van der Waals surface area contributed by atoms with E-state index in [1.54, 1.807) is 0 Å². The minimum atomic E-state index is -0.484. The van der Waals surface area contributed by atoms with Crippen molar-refractivity contribution in [1.29, 1.82) is 0 Å². The molecule has 5 heteroatoms. The smallest absolute Gasteiger partial charge is 0.407 e. The van der Waals surface area contributed by atoms with Crippen LogP contribution in [0, 0.1) is 0 Å². The van der Waals surface area contributed by atoms with Gasteiger partial charge in [-0.15, -0.1) is 0 Å². The zero-order valence-electron chi connectivity index (χ0n) is 12.4. The quantitative estimate of drug-likeness (QED) is 0.924. The first-order valence-corrected chi connectivity index (χ1v) is 6.71. The number of amides is 1. The number of ether oxygens (including phenoxy) is 3. The van der Waals surface area contributed by atoms with E-state index in [2.05, 4.69) is 5.32 Å². The second-order valence-corrected chi connectivity index (χ2v) is 5.94. The summed E-state index contributed by atoms with van der Waals surface area (Å²) in [5, 5.41) is 2.82. The topological polar surface area (TPSA) is 56.8 Å². The SMILES string of the molecule is CC(Cc1ccc2c(c1)OCO2)NC(=O)OC(C)(C)C. The molecule has 2 rings (SSSR count). The third-order valence-electron chi connectivity index (χ3n) is 2.74. The van der Waals surface area contributed by atoms with E-state index in [4.69, 9.17) is 14.2 Å². The Morgan fingerprint density at radius 1 is 1.35 bits per heavy atom. The standard InChI is InChI=1S/C15H21NO4/c1-10(16-14(17)20-15(2,3)4)7-11-5-6-12-13(8-11)19-9-18-12/h5-6,8,10H,7,9H2,1-4H3,(H,16,17). The molecule has 0 radical (unpaired) electrons. The number of fused-ring (bicyclic) bond motifs is 1. The summed E-state index contributed by atoms with van der Waals surface area (Å²) in [7, 11) is 0. The van der Waals surface area contributed by atoms with Crippen molar-refractivity contribution in [3.63, 3.8) is 0 Å². The molecular formula is C15H21NO4. The van der Waals surface area contributed by atoms with E-state index in [0.717, 1.165) is 17.1 Å². The molecule has 1 N–H and O–H groups in total. The van der Waals surface area contributed by atoms with Gasteiger partial charge in [0.25, 0.3) is 0 Å². The predicted octanol–water partition coefficient (Wildman–Crippen LogP) is 2.87. The number of hydrogen-bond donors (Lipinski definition) is 1. The lowest BCUT2D eigenvalue weighted by molar-refractivity contribution is 0.0508. The normalized spacial score (nSPS) is 14.8. The van der Waals surface area contributed by atoms with E-state index in [9.17, 15) is 4.79 Å². The summed E-state index contributed by atoms with van der Waals surface area (Å²) in [4.78, 5) is 11.7. The van der Waals surface area contributed by atoms with Gasteiger partial charge in [0, 0.05) is 6.04 Å². The summed E-state index contributed by atoms with van der Waals surface area (Å²) >= 11 is 0. The summed E-state index contributed by atoms with van der Waals surface area (Å²) in [6.45, 7) is 7.73. The highest BCUT2D eigenvalue weighted by molar-refractivity contribution is 5.68. The molecule has 1 heterocycles. The Morgan fingerprint density at radius 2 is 2.05 bits per heavy atom. The van der Waals surface area contributed by atoms with Crippen LogP contribution in [0.2, 0.25) is 0 Å². The third kappa shape index (κ3) is 4.05. The van der Waals surface area contributed by atoms with Gasteiger partial charge in [-0.05, 0) is 51.8 Å². The van der Waals surface area contributed by atoms with Crippen LogP contribution in [0.4, 0.5) is 4.79 Å². The highest BCUT2D eigenvalue weighted by atomic mass is 16.7. The maximum Gasteiger partial charge on any atom is 0.407 e.